The molecule has 1 rings (SSSR count). The van der Waals surface area contributed by atoms with E-state index in [1.807, 2.05) is 25.7 Å². The number of likely N-dealkylation sites (tertiary alicyclic amines) is 1. The smallest absolute Gasteiger partial charge is 0.410 e. The summed E-state index contributed by atoms with van der Waals surface area (Å²) in [7, 11) is 0. The van der Waals surface area contributed by atoms with Crippen molar-refractivity contribution in [1.82, 2.24) is 10.2 Å². The van der Waals surface area contributed by atoms with Crippen molar-refractivity contribution in [2.24, 2.45) is 11.3 Å². The summed E-state index contributed by atoms with van der Waals surface area (Å²) in [6, 6.07) is 0.683. The van der Waals surface area contributed by atoms with Gasteiger partial charge in [0, 0.05) is 18.6 Å². The van der Waals surface area contributed by atoms with Gasteiger partial charge in [-0.25, -0.2) is 4.79 Å². The number of nitrogens with one attached hydrogen (secondary N) is 1. The molecule has 3 unspecified atom stereocenters. The normalized spacial score (nSPS) is 22.2. The largest absolute Gasteiger partial charge is 0.444 e. The topological polar surface area (TPSA) is 41.6 Å². The molecular weight excluding hydrogens is 312 g/mol. The first-order valence-corrected chi connectivity index (χ1v) is 10.1. The molecule has 1 fully saturated rings. The lowest BCUT2D eigenvalue weighted by atomic mass is 9.82. The summed E-state index contributed by atoms with van der Waals surface area (Å²) in [4.78, 5) is 14.6. The third kappa shape index (κ3) is 8.44. The Morgan fingerprint density at radius 3 is 2.32 bits per heavy atom. The van der Waals surface area contributed by atoms with Crippen molar-refractivity contribution in [3.63, 3.8) is 0 Å². The number of rotatable bonds is 5. The lowest BCUT2D eigenvalue weighted by molar-refractivity contribution is 0.0149. The molecule has 1 saturated heterocycles. The summed E-state index contributed by atoms with van der Waals surface area (Å²) in [5.41, 5.74) is -0.114. The predicted octanol–water partition coefficient (Wildman–Crippen LogP) is 5.22. The van der Waals surface area contributed by atoms with Gasteiger partial charge >= 0.3 is 6.09 Å². The van der Waals surface area contributed by atoms with Crippen molar-refractivity contribution < 1.29 is 9.53 Å². The van der Waals surface area contributed by atoms with Gasteiger partial charge in [-0.2, -0.15) is 0 Å². The quantitative estimate of drug-likeness (QED) is 0.736. The standard InChI is InChI=1S/C21H42N2O2/c1-16(20(3,4)5)15-22-17(2)14-18-12-10-9-11-13-23(18)19(24)25-21(6,7)8/h16-18,22H,9-15H2,1-8H3. The van der Waals surface area contributed by atoms with Crippen LogP contribution in [-0.2, 0) is 4.74 Å². The zero-order valence-corrected chi connectivity index (χ0v) is 17.9. The maximum atomic E-state index is 12.6. The number of ether oxygens (including phenoxy) is 1. The minimum Gasteiger partial charge on any atom is -0.444 e. The van der Waals surface area contributed by atoms with Gasteiger partial charge in [-0.15, -0.1) is 0 Å². The van der Waals surface area contributed by atoms with E-state index in [0.29, 0.717) is 17.4 Å². The van der Waals surface area contributed by atoms with E-state index < -0.39 is 5.60 Å². The Balaban J connectivity index is 2.63. The SMILES string of the molecule is CC(CC1CCCCCN1C(=O)OC(C)(C)C)NCC(C)C(C)(C)C. The van der Waals surface area contributed by atoms with Crippen LogP contribution in [0.5, 0.6) is 0 Å². The number of carbonyl (C=O) groups is 1. The Kier molecular flexibility index (Phi) is 8.24. The maximum absolute atomic E-state index is 12.6. The zero-order valence-electron chi connectivity index (χ0n) is 17.9. The van der Waals surface area contributed by atoms with Crippen LogP contribution in [0.25, 0.3) is 0 Å². The van der Waals surface area contributed by atoms with Gasteiger partial charge < -0.3 is 15.0 Å². The third-order valence-corrected chi connectivity index (χ3v) is 5.38. The van der Waals surface area contributed by atoms with Gasteiger partial charge in [0.15, 0.2) is 0 Å². The van der Waals surface area contributed by atoms with Crippen molar-refractivity contribution in [2.45, 2.75) is 105 Å². The molecule has 0 saturated carbocycles. The molecule has 4 nitrogen and oxygen atoms in total. The third-order valence-electron chi connectivity index (χ3n) is 5.38. The van der Waals surface area contributed by atoms with E-state index in [0.717, 1.165) is 32.4 Å². The molecule has 1 heterocycles. The fourth-order valence-electron chi connectivity index (χ4n) is 3.16. The summed E-state index contributed by atoms with van der Waals surface area (Å²) in [6.45, 7) is 19.1. The van der Waals surface area contributed by atoms with Crippen molar-refractivity contribution in [3.8, 4) is 0 Å². The Labute approximate surface area is 156 Å². The van der Waals surface area contributed by atoms with E-state index in [1.54, 1.807) is 0 Å². The summed E-state index contributed by atoms with van der Waals surface area (Å²) < 4.78 is 5.65. The van der Waals surface area contributed by atoms with E-state index in [-0.39, 0.29) is 12.1 Å². The molecule has 0 radical (unpaired) electrons. The minimum absolute atomic E-state index is 0.144. The van der Waals surface area contributed by atoms with Crippen LogP contribution in [0.1, 0.15) is 87.5 Å². The van der Waals surface area contributed by atoms with E-state index in [9.17, 15) is 4.79 Å². The highest BCUT2D eigenvalue weighted by Crippen LogP contribution is 2.26. The van der Waals surface area contributed by atoms with Gasteiger partial charge in [0.05, 0.1) is 0 Å². The molecule has 0 aliphatic carbocycles. The predicted molar refractivity (Wildman–Crippen MR) is 106 cm³/mol. The van der Waals surface area contributed by atoms with E-state index in [4.69, 9.17) is 4.74 Å². The lowest BCUT2D eigenvalue weighted by Gasteiger charge is -2.34. The van der Waals surface area contributed by atoms with Gasteiger partial charge in [-0.3, -0.25) is 0 Å². The highest BCUT2D eigenvalue weighted by molar-refractivity contribution is 5.68. The second-order valence-electron chi connectivity index (χ2n) is 9.99. The molecule has 0 bridgehead atoms. The molecule has 0 aromatic heterocycles. The number of nitrogens with zero attached hydrogens (tertiary/aromatic N) is 1. The average molecular weight is 355 g/mol. The maximum Gasteiger partial charge on any atom is 0.410 e. The van der Waals surface area contributed by atoms with Crippen LogP contribution in [0.4, 0.5) is 4.79 Å². The Hall–Kier alpha value is -0.770. The molecule has 1 aliphatic heterocycles. The second kappa shape index (κ2) is 9.25. The van der Waals surface area contributed by atoms with Crippen molar-refractivity contribution in [2.75, 3.05) is 13.1 Å². The Morgan fingerprint density at radius 1 is 1.12 bits per heavy atom. The van der Waals surface area contributed by atoms with Gasteiger partial charge in [0.1, 0.15) is 5.60 Å². The minimum atomic E-state index is -0.431. The van der Waals surface area contributed by atoms with Crippen LogP contribution in [0.15, 0.2) is 0 Å². The van der Waals surface area contributed by atoms with Crippen molar-refractivity contribution in [1.29, 1.82) is 0 Å². The van der Waals surface area contributed by atoms with Crippen LogP contribution in [-0.4, -0.2) is 41.8 Å². The van der Waals surface area contributed by atoms with Crippen LogP contribution in [0, 0.1) is 11.3 Å². The first kappa shape index (κ1) is 22.3. The molecule has 0 spiro atoms. The molecule has 4 heteroatoms. The van der Waals surface area contributed by atoms with Crippen molar-refractivity contribution in [3.05, 3.63) is 0 Å². The Bertz CT molecular complexity index is 409. The van der Waals surface area contributed by atoms with Gasteiger partial charge in [0.2, 0.25) is 0 Å². The van der Waals surface area contributed by atoms with Crippen LogP contribution >= 0.6 is 0 Å². The van der Waals surface area contributed by atoms with Crippen molar-refractivity contribution >= 4 is 6.09 Å². The summed E-state index contributed by atoms with van der Waals surface area (Å²) in [6.07, 6.45) is 5.43. The number of hydrogen-bond acceptors (Lipinski definition) is 3. The highest BCUT2D eigenvalue weighted by atomic mass is 16.6. The molecule has 1 N–H and O–H groups in total. The van der Waals surface area contributed by atoms with Gasteiger partial charge in [-0.1, -0.05) is 40.5 Å². The lowest BCUT2D eigenvalue weighted by Crippen LogP contribution is -2.46. The monoisotopic (exact) mass is 354 g/mol. The summed E-state index contributed by atoms with van der Waals surface area (Å²) in [5, 5.41) is 3.69. The Morgan fingerprint density at radius 2 is 1.76 bits per heavy atom. The second-order valence-corrected chi connectivity index (χ2v) is 9.99. The fourth-order valence-corrected chi connectivity index (χ4v) is 3.16. The van der Waals surface area contributed by atoms with Crippen LogP contribution in [0.3, 0.4) is 0 Å². The molecule has 0 aromatic carbocycles. The fraction of sp³-hybridized carbons (Fsp3) is 0.952. The zero-order chi connectivity index (χ0) is 19.3. The number of carbonyl (C=O) groups excluding carboxylic acids is 1. The molecule has 1 aliphatic rings. The van der Waals surface area contributed by atoms with Crippen LogP contribution in [0.2, 0.25) is 0 Å². The molecule has 148 valence electrons. The number of amides is 1. The van der Waals surface area contributed by atoms with Crippen LogP contribution < -0.4 is 5.32 Å². The number of hydrogen-bond donors (Lipinski definition) is 1. The van der Waals surface area contributed by atoms with Gasteiger partial charge in [-0.05, 0) is 64.8 Å². The molecule has 0 aromatic rings. The molecular formula is C21H42N2O2. The summed E-state index contributed by atoms with van der Waals surface area (Å²) >= 11 is 0. The average Bonchev–Trinajstić information content (AvgIpc) is 2.67. The highest BCUT2D eigenvalue weighted by Gasteiger charge is 2.30. The summed E-state index contributed by atoms with van der Waals surface area (Å²) in [5.74, 6) is 0.617. The van der Waals surface area contributed by atoms with E-state index >= 15 is 0 Å². The van der Waals surface area contributed by atoms with E-state index in [2.05, 4.69) is 39.9 Å². The van der Waals surface area contributed by atoms with E-state index in [1.165, 1.54) is 12.8 Å². The molecule has 25 heavy (non-hydrogen) atoms. The van der Waals surface area contributed by atoms with Gasteiger partial charge in [0.25, 0.3) is 0 Å². The first-order chi connectivity index (χ1) is 11.4. The molecule has 3 atom stereocenters. The molecule has 1 amide bonds. The first-order valence-electron chi connectivity index (χ1n) is 10.1.